The van der Waals surface area contributed by atoms with Gasteiger partial charge in [0.05, 0.1) is 6.20 Å². The van der Waals surface area contributed by atoms with Gasteiger partial charge in [-0.05, 0) is 19.3 Å². The average molecular weight is 314 g/mol. The molecule has 1 saturated carbocycles. The Morgan fingerprint density at radius 1 is 1.43 bits per heavy atom. The second kappa shape index (κ2) is 5.39. The molecule has 2 aliphatic rings. The standard InChI is InChI=1S/C12H18N4O4S/c17-12(18)8-16-7-11(5-13-16)21(19,20)14-9-3-4-15(6-9)10-1-2-10/h5,7,9-10,14H,1-4,6,8H2,(H,17,18). The van der Waals surface area contributed by atoms with E-state index in [1.54, 1.807) is 0 Å². The maximum atomic E-state index is 12.2. The fraction of sp³-hybridized carbons (Fsp3) is 0.667. The Bertz CT molecular complexity index is 637. The zero-order chi connectivity index (χ0) is 15.0. The third-order valence-electron chi connectivity index (χ3n) is 3.82. The fourth-order valence-electron chi connectivity index (χ4n) is 2.65. The van der Waals surface area contributed by atoms with Crippen LogP contribution in [0.1, 0.15) is 19.3 Å². The Morgan fingerprint density at radius 3 is 2.86 bits per heavy atom. The number of sulfonamides is 1. The molecule has 0 aromatic carbocycles. The van der Waals surface area contributed by atoms with Gasteiger partial charge < -0.3 is 5.11 Å². The molecular formula is C12H18N4O4S. The van der Waals surface area contributed by atoms with Crippen LogP contribution in [0, 0.1) is 0 Å². The summed E-state index contributed by atoms with van der Waals surface area (Å²) in [7, 11) is -3.64. The summed E-state index contributed by atoms with van der Waals surface area (Å²) < 4.78 is 28.3. The minimum Gasteiger partial charge on any atom is -0.480 e. The number of carboxylic acid groups (broad SMARTS) is 1. The van der Waals surface area contributed by atoms with Crippen molar-refractivity contribution in [2.75, 3.05) is 13.1 Å². The summed E-state index contributed by atoms with van der Waals surface area (Å²) in [5.74, 6) is -1.06. The Labute approximate surface area is 122 Å². The molecule has 0 radical (unpaired) electrons. The number of aliphatic carboxylic acids is 1. The van der Waals surface area contributed by atoms with E-state index >= 15 is 0 Å². The minimum atomic E-state index is -3.64. The number of aromatic nitrogens is 2. The van der Waals surface area contributed by atoms with Crippen molar-refractivity contribution in [1.29, 1.82) is 0 Å². The number of nitrogens with zero attached hydrogens (tertiary/aromatic N) is 3. The van der Waals surface area contributed by atoms with Crippen LogP contribution in [0.25, 0.3) is 0 Å². The van der Waals surface area contributed by atoms with Crippen LogP contribution in [0.5, 0.6) is 0 Å². The van der Waals surface area contributed by atoms with Gasteiger partial charge in [0.25, 0.3) is 0 Å². The van der Waals surface area contributed by atoms with Crippen molar-refractivity contribution in [3.05, 3.63) is 12.4 Å². The molecule has 1 unspecified atom stereocenters. The van der Waals surface area contributed by atoms with E-state index in [9.17, 15) is 13.2 Å². The Hall–Kier alpha value is -1.45. The van der Waals surface area contributed by atoms with Gasteiger partial charge in [-0.1, -0.05) is 0 Å². The van der Waals surface area contributed by atoms with Gasteiger partial charge in [0.15, 0.2) is 0 Å². The molecule has 1 saturated heterocycles. The van der Waals surface area contributed by atoms with Crippen molar-refractivity contribution < 1.29 is 18.3 Å². The van der Waals surface area contributed by atoms with Crippen molar-refractivity contribution in [3.8, 4) is 0 Å². The summed E-state index contributed by atoms with van der Waals surface area (Å²) in [6.07, 6.45) is 5.64. The predicted molar refractivity (Wildman–Crippen MR) is 73.2 cm³/mol. The first kappa shape index (κ1) is 14.5. The summed E-state index contributed by atoms with van der Waals surface area (Å²) in [5.41, 5.74) is 0. The van der Waals surface area contributed by atoms with E-state index in [1.807, 2.05) is 0 Å². The van der Waals surface area contributed by atoms with Gasteiger partial charge in [0, 0.05) is 31.4 Å². The largest absolute Gasteiger partial charge is 0.480 e. The van der Waals surface area contributed by atoms with Crippen LogP contribution in [-0.4, -0.2) is 59.3 Å². The quantitative estimate of drug-likeness (QED) is 0.732. The second-order valence-electron chi connectivity index (χ2n) is 5.60. The van der Waals surface area contributed by atoms with Gasteiger partial charge in [-0.2, -0.15) is 5.10 Å². The molecular weight excluding hydrogens is 296 g/mol. The topological polar surface area (TPSA) is 105 Å². The highest BCUT2D eigenvalue weighted by Crippen LogP contribution is 2.30. The highest BCUT2D eigenvalue weighted by molar-refractivity contribution is 7.89. The first-order chi connectivity index (χ1) is 9.94. The van der Waals surface area contributed by atoms with Gasteiger partial charge >= 0.3 is 5.97 Å². The van der Waals surface area contributed by atoms with Crippen LogP contribution in [-0.2, 0) is 21.4 Å². The summed E-state index contributed by atoms with van der Waals surface area (Å²) in [6, 6.07) is 0.552. The van der Waals surface area contributed by atoms with Crippen LogP contribution < -0.4 is 4.72 Å². The Balaban J connectivity index is 1.63. The lowest BCUT2D eigenvalue weighted by Crippen LogP contribution is -2.37. The molecule has 1 atom stereocenters. The molecule has 0 bridgehead atoms. The van der Waals surface area contributed by atoms with Gasteiger partial charge in [0.2, 0.25) is 10.0 Å². The highest BCUT2D eigenvalue weighted by Gasteiger charge is 2.36. The second-order valence-corrected chi connectivity index (χ2v) is 7.31. The molecule has 1 aliphatic heterocycles. The number of hydrogen-bond acceptors (Lipinski definition) is 5. The van der Waals surface area contributed by atoms with E-state index in [1.165, 1.54) is 25.2 Å². The molecule has 8 nitrogen and oxygen atoms in total. The van der Waals surface area contributed by atoms with Gasteiger partial charge in [0.1, 0.15) is 11.4 Å². The van der Waals surface area contributed by atoms with Gasteiger partial charge in [-0.25, -0.2) is 13.1 Å². The smallest absolute Gasteiger partial charge is 0.325 e. The first-order valence-corrected chi connectivity index (χ1v) is 8.43. The molecule has 0 spiro atoms. The average Bonchev–Trinajstić information content (AvgIpc) is 2.95. The number of nitrogens with one attached hydrogen (secondary N) is 1. The van der Waals surface area contributed by atoms with Crippen LogP contribution in [0.4, 0.5) is 0 Å². The van der Waals surface area contributed by atoms with Crippen LogP contribution in [0.3, 0.4) is 0 Å². The van der Waals surface area contributed by atoms with Crippen LogP contribution in [0.15, 0.2) is 17.3 Å². The maximum Gasteiger partial charge on any atom is 0.325 e. The van der Waals surface area contributed by atoms with Gasteiger partial charge in [-0.15, -0.1) is 0 Å². The molecule has 2 N–H and O–H groups in total. The molecule has 1 aromatic heterocycles. The third-order valence-corrected chi connectivity index (χ3v) is 5.30. The lowest BCUT2D eigenvalue weighted by Gasteiger charge is -2.15. The molecule has 21 heavy (non-hydrogen) atoms. The number of likely N-dealkylation sites (tertiary alicyclic amines) is 1. The van der Waals surface area contributed by atoms with E-state index in [0.29, 0.717) is 6.04 Å². The summed E-state index contributed by atoms with van der Waals surface area (Å²) in [6.45, 7) is 1.32. The van der Waals surface area contributed by atoms with E-state index in [0.717, 1.165) is 24.2 Å². The van der Waals surface area contributed by atoms with Crippen LogP contribution >= 0.6 is 0 Å². The molecule has 1 aliphatic carbocycles. The Morgan fingerprint density at radius 2 is 2.19 bits per heavy atom. The van der Waals surface area contributed by atoms with Crippen LogP contribution in [0.2, 0.25) is 0 Å². The van der Waals surface area contributed by atoms with Gasteiger partial charge in [-0.3, -0.25) is 14.4 Å². The molecule has 116 valence electrons. The van der Waals surface area contributed by atoms with E-state index < -0.39 is 16.0 Å². The van der Waals surface area contributed by atoms with Crippen molar-refractivity contribution in [3.63, 3.8) is 0 Å². The number of hydrogen-bond donors (Lipinski definition) is 2. The molecule has 0 amide bonds. The predicted octanol–water partition coefficient (Wildman–Crippen LogP) is -0.517. The zero-order valence-corrected chi connectivity index (χ0v) is 12.3. The monoisotopic (exact) mass is 314 g/mol. The minimum absolute atomic E-state index is 0.00798. The van der Waals surface area contributed by atoms with E-state index in [2.05, 4.69) is 14.7 Å². The first-order valence-electron chi connectivity index (χ1n) is 6.95. The molecule has 2 fully saturated rings. The highest BCUT2D eigenvalue weighted by atomic mass is 32.2. The summed E-state index contributed by atoms with van der Waals surface area (Å²) in [4.78, 5) is 12.9. The Kier molecular flexibility index (Phi) is 3.72. The number of carbonyl (C=O) groups is 1. The molecule has 1 aromatic rings. The molecule has 3 rings (SSSR count). The van der Waals surface area contributed by atoms with Crippen molar-refractivity contribution in [1.82, 2.24) is 19.4 Å². The number of rotatable bonds is 6. The molecule has 2 heterocycles. The third kappa shape index (κ3) is 3.42. The SMILES string of the molecule is O=C(O)Cn1cc(S(=O)(=O)NC2CCN(C3CC3)C2)cn1. The van der Waals surface area contributed by atoms with E-state index in [-0.39, 0.29) is 17.5 Å². The summed E-state index contributed by atoms with van der Waals surface area (Å²) in [5, 5.41) is 12.4. The number of carboxylic acids is 1. The normalized spacial score (nSPS) is 23.5. The molecule has 9 heteroatoms. The van der Waals surface area contributed by atoms with Crippen molar-refractivity contribution >= 4 is 16.0 Å². The maximum absolute atomic E-state index is 12.2. The fourth-order valence-corrected chi connectivity index (χ4v) is 3.86. The lowest BCUT2D eigenvalue weighted by atomic mass is 10.3. The zero-order valence-electron chi connectivity index (χ0n) is 11.5. The van der Waals surface area contributed by atoms with E-state index in [4.69, 9.17) is 5.11 Å². The summed E-state index contributed by atoms with van der Waals surface area (Å²) >= 11 is 0. The van der Waals surface area contributed by atoms with Crippen molar-refractivity contribution in [2.24, 2.45) is 0 Å². The van der Waals surface area contributed by atoms with Crippen molar-refractivity contribution in [2.45, 2.75) is 42.8 Å². The lowest BCUT2D eigenvalue weighted by molar-refractivity contribution is -0.137.